The van der Waals surface area contributed by atoms with Crippen molar-refractivity contribution in [1.82, 2.24) is 4.98 Å². The number of hydrogen-bond donors (Lipinski definition) is 1. The van der Waals surface area contributed by atoms with E-state index >= 15 is 0 Å². The summed E-state index contributed by atoms with van der Waals surface area (Å²) in [6, 6.07) is 4.56. The molecular formula is C12H9ClN2O3. The molecule has 0 aliphatic heterocycles. The Morgan fingerprint density at radius 1 is 1.33 bits per heavy atom. The highest BCUT2D eigenvalue weighted by atomic mass is 35.5. The Morgan fingerprint density at radius 2 is 2.11 bits per heavy atom. The van der Waals surface area contributed by atoms with Crippen molar-refractivity contribution >= 4 is 28.6 Å². The summed E-state index contributed by atoms with van der Waals surface area (Å²) in [5.74, 6) is 0.543. The fourth-order valence-electron chi connectivity index (χ4n) is 1.39. The maximum atomic E-state index is 11.8. The van der Waals surface area contributed by atoms with Crippen LogP contribution in [0.4, 0.5) is 5.82 Å². The van der Waals surface area contributed by atoms with Gasteiger partial charge in [-0.05, 0) is 36.7 Å². The average molecular weight is 265 g/mol. The molecule has 2 rings (SSSR count). The molecule has 0 bridgehead atoms. The number of halogens is 1. The first-order chi connectivity index (χ1) is 8.58. The molecule has 0 aliphatic carbocycles. The molecular weight excluding hydrogens is 256 g/mol. The van der Waals surface area contributed by atoms with Gasteiger partial charge in [0.1, 0.15) is 11.6 Å². The van der Waals surface area contributed by atoms with Gasteiger partial charge in [0, 0.05) is 6.20 Å². The highest BCUT2D eigenvalue weighted by molar-refractivity contribution is 6.67. The molecule has 2 heterocycles. The van der Waals surface area contributed by atoms with Crippen molar-refractivity contribution in [3.05, 3.63) is 47.5 Å². The molecule has 2 aromatic rings. The first-order valence-corrected chi connectivity index (χ1v) is 5.47. The quantitative estimate of drug-likeness (QED) is 0.865. The number of carbonyl (C=O) groups is 2. The van der Waals surface area contributed by atoms with Gasteiger partial charge < -0.3 is 9.73 Å². The molecule has 5 nitrogen and oxygen atoms in total. The zero-order valence-corrected chi connectivity index (χ0v) is 10.2. The van der Waals surface area contributed by atoms with Crippen molar-refractivity contribution in [1.29, 1.82) is 0 Å². The molecule has 92 valence electrons. The second kappa shape index (κ2) is 5.01. The SMILES string of the molecule is Cc1occc1C(=O)Nc1ccc(C(=O)Cl)cn1. The van der Waals surface area contributed by atoms with Gasteiger partial charge in [0.25, 0.3) is 11.1 Å². The molecule has 0 aromatic carbocycles. The van der Waals surface area contributed by atoms with Gasteiger partial charge in [-0.1, -0.05) is 0 Å². The third-order valence-electron chi connectivity index (χ3n) is 2.34. The molecule has 1 N–H and O–H groups in total. The van der Waals surface area contributed by atoms with Gasteiger partial charge in [-0.25, -0.2) is 4.98 Å². The highest BCUT2D eigenvalue weighted by Crippen LogP contribution is 2.12. The van der Waals surface area contributed by atoms with Crippen LogP contribution in [0.15, 0.2) is 35.1 Å². The topological polar surface area (TPSA) is 72.2 Å². The minimum Gasteiger partial charge on any atom is -0.469 e. The molecule has 6 heteroatoms. The Balaban J connectivity index is 2.13. The predicted molar refractivity (Wildman–Crippen MR) is 65.8 cm³/mol. The zero-order chi connectivity index (χ0) is 13.1. The number of nitrogens with one attached hydrogen (secondary N) is 1. The van der Waals surface area contributed by atoms with Gasteiger partial charge in [-0.2, -0.15) is 0 Å². The van der Waals surface area contributed by atoms with Gasteiger partial charge in [0.15, 0.2) is 0 Å². The number of nitrogens with zero attached hydrogens (tertiary/aromatic N) is 1. The van der Waals surface area contributed by atoms with Gasteiger partial charge in [-0.3, -0.25) is 9.59 Å². The van der Waals surface area contributed by atoms with Crippen LogP contribution < -0.4 is 5.32 Å². The molecule has 0 aliphatic rings. The lowest BCUT2D eigenvalue weighted by molar-refractivity contribution is 0.102. The van der Waals surface area contributed by atoms with E-state index in [9.17, 15) is 9.59 Å². The summed E-state index contributed by atoms with van der Waals surface area (Å²) in [6.45, 7) is 1.69. The molecule has 0 saturated heterocycles. The van der Waals surface area contributed by atoms with E-state index in [0.717, 1.165) is 0 Å². The zero-order valence-electron chi connectivity index (χ0n) is 9.44. The van der Waals surface area contributed by atoms with Crippen LogP contribution in [0, 0.1) is 6.92 Å². The number of aryl methyl sites for hydroxylation is 1. The van der Waals surface area contributed by atoms with E-state index < -0.39 is 5.24 Å². The van der Waals surface area contributed by atoms with E-state index in [1.54, 1.807) is 13.0 Å². The van der Waals surface area contributed by atoms with E-state index in [0.29, 0.717) is 17.1 Å². The van der Waals surface area contributed by atoms with E-state index in [2.05, 4.69) is 10.3 Å². The van der Waals surface area contributed by atoms with E-state index in [1.807, 2.05) is 0 Å². The third kappa shape index (κ3) is 2.57. The summed E-state index contributed by atoms with van der Waals surface area (Å²) in [7, 11) is 0. The van der Waals surface area contributed by atoms with Gasteiger partial charge in [-0.15, -0.1) is 0 Å². The summed E-state index contributed by atoms with van der Waals surface area (Å²) < 4.78 is 5.03. The van der Waals surface area contributed by atoms with Crippen LogP contribution in [0.3, 0.4) is 0 Å². The molecule has 0 radical (unpaired) electrons. The lowest BCUT2D eigenvalue weighted by Crippen LogP contribution is -2.13. The van der Waals surface area contributed by atoms with Crippen molar-refractivity contribution in [2.75, 3.05) is 5.32 Å². The van der Waals surface area contributed by atoms with Crippen molar-refractivity contribution in [2.24, 2.45) is 0 Å². The molecule has 0 fully saturated rings. The first kappa shape index (κ1) is 12.3. The highest BCUT2D eigenvalue weighted by Gasteiger charge is 2.12. The van der Waals surface area contributed by atoms with Crippen LogP contribution in [0.1, 0.15) is 26.5 Å². The van der Waals surface area contributed by atoms with Gasteiger partial charge in [0.05, 0.1) is 17.4 Å². The van der Waals surface area contributed by atoms with E-state index in [-0.39, 0.29) is 11.5 Å². The number of rotatable bonds is 3. The second-order valence-corrected chi connectivity index (χ2v) is 3.89. The van der Waals surface area contributed by atoms with Crippen molar-refractivity contribution < 1.29 is 14.0 Å². The maximum Gasteiger partial charge on any atom is 0.260 e. The van der Waals surface area contributed by atoms with Crippen LogP contribution in [0.2, 0.25) is 0 Å². The monoisotopic (exact) mass is 264 g/mol. The molecule has 18 heavy (non-hydrogen) atoms. The number of carbonyl (C=O) groups excluding carboxylic acids is 2. The lowest BCUT2D eigenvalue weighted by Gasteiger charge is -2.03. The molecule has 0 spiro atoms. The Bertz CT molecular complexity index is 590. The van der Waals surface area contributed by atoms with Crippen molar-refractivity contribution in [3.8, 4) is 0 Å². The maximum absolute atomic E-state index is 11.8. The van der Waals surface area contributed by atoms with Crippen LogP contribution in [-0.2, 0) is 0 Å². The molecule has 1 amide bonds. The summed E-state index contributed by atoms with van der Waals surface area (Å²) in [4.78, 5) is 26.6. The normalized spacial score (nSPS) is 10.1. The smallest absolute Gasteiger partial charge is 0.260 e. The summed E-state index contributed by atoms with van der Waals surface area (Å²) >= 11 is 5.28. The van der Waals surface area contributed by atoms with Crippen LogP contribution in [0.25, 0.3) is 0 Å². The Morgan fingerprint density at radius 3 is 2.61 bits per heavy atom. The third-order valence-corrected chi connectivity index (χ3v) is 2.55. The number of aromatic nitrogens is 1. The molecule has 2 aromatic heterocycles. The van der Waals surface area contributed by atoms with Crippen molar-refractivity contribution in [3.63, 3.8) is 0 Å². The Kier molecular flexibility index (Phi) is 3.43. The minimum atomic E-state index is -0.592. The standard InChI is InChI=1S/C12H9ClN2O3/c1-7-9(4-5-18-7)12(17)15-10-3-2-8(6-14-10)11(13)16/h2-6H,1H3,(H,14,15,17). The Labute approximate surface area is 108 Å². The molecule has 0 saturated carbocycles. The minimum absolute atomic E-state index is 0.272. The fourth-order valence-corrected chi connectivity index (χ4v) is 1.50. The summed E-state index contributed by atoms with van der Waals surface area (Å²) in [5, 5.41) is 2.00. The number of anilines is 1. The Hall–Kier alpha value is -2.14. The summed E-state index contributed by atoms with van der Waals surface area (Å²) in [5.41, 5.74) is 0.712. The van der Waals surface area contributed by atoms with E-state index in [4.69, 9.17) is 16.0 Å². The van der Waals surface area contributed by atoms with E-state index in [1.165, 1.54) is 24.6 Å². The average Bonchev–Trinajstić information content (AvgIpc) is 2.76. The van der Waals surface area contributed by atoms with Crippen LogP contribution >= 0.6 is 11.6 Å². The number of furan rings is 1. The fraction of sp³-hybridized carbons (Fsp3) is 0.0833. The first-order valence-electron chi connectivity index (χ1n) is 5.09. The number of amides is 1. The van der Waals surface area contributed by atoms with Crippen LogP contribution in [-0.4, -0.2) is 16.1 Å². The van der Waals surface area contributed by atoms with Gasteiger partial charge in [0.2, 0.25) is 0 Å². The summed E-state index contributed by atoms with van der Waals surface area (Å²) in [6.07, 6.45) is 2.74. The molecule has 0 unspecified atom stereocenters. The van der Waals surface area contributed by atoms with Crippen molar-refractivity contribution in [2.45, 2.75) is 6.92 Å². The van der Waals surface area contributed by atoms with Gasteiger partial charge >= 0.3 is 0 Å². The van der Waals surface area contributed by atoms with Crippen LogP contribution in [0.5, 0.6) is 0 Å². The second-order valence-electron chi connectivity index (χ2n) is 3.55. The molecule has 0 atom stereocenters. The number of hydrogen-bond acceptors (Lipinski definition) is 4. The lowest BCUT2D eigenvalue weighted by atomic mass is 10.2. The largest absolute Gasteiger partial charge is 0.469 e. The predicted octanol–water partition coefficient (Wildman–Crippen LogP) is 2.61. The number of pyridine rings is 1.